The van der Waals surface area contributed by atoms with Crippen molar-refractivity contribution in [1.29, 1.82) is 0 Å². The predicted octanol–water partition coefficient (Wildman–Crippen LogP) is 4.65. The van der Waals surface area contributed by atoms with Crippen LogP contribution >= 0.6 is 0 Å². The molecule has 1 fully saturated rings. The van der Waals surface area contributed by atoms with Crippen molar-refractivity contribution < 1.29 is 31.8 Å². The molecular formula is C24H26F4N4O3. The number of fused-ring (bicyclic) bond motifs is 1. The Morgan fingerprint density at radius 2 is 2.03 bits per heavy atom. The topological polar surface area (TPSA) is 77.5 Å². The fraction of sp³-hybridized carbons (Fsp3) is 0.417. The van der Waals surface area contributed by atoms with Gasteiger partial charge in [-0.3, -0.25) is 0 Å². The van der Waals surface area contributed by atoms with Crippen molar-refractivity contribution in [2.75, 3.05) is 38.7 Å². The molecule has 4 rings (SSSR count). The predicted molar refractivity (Wildman–Crippen MR) is 122 cm³/mol. The fourth-order valence-electron chi connectivity index (χ4n) is 3.93. The number of hydrogen-bond donors (Lipinski definition) is 2. The van der Waals surface area contributed by atoms with Crippen LogP contribution in [0, 0.1) is 12.7 Å². The van der Waals surface area contributed by atoms with Gasteiger partial charge in [-0.15, -0.1) is 0 Å². The van der Waals surface area contributed by atoms with E-state index in [2.05, 4.69) is 20.6 Å². The normalized spacial score (nSPS) is 17.3. The number of methoxy groups -OCH3 is 1. The molecule has 1 aliphatic rings. The molecule has 2 atom stereocenters. The molecule has 1 aliphatic heterocycles. The number of alkyl halides is 3. The number of hydrogen-bond acceptors (Lipinski definition) is 7. The van der Waals surface area contributed by atoms with Crippen LogP contribution in [0.3, 0.4) is 0 Å². The highest BCUT2D eigenvalue weighted by Gasteiger charge is 2.35. The van der Waals surface area contributed by atoms with E-state index in [1.807, 2.05) is 0 Å². The van der Waals surface area contributed by atoms with E-state index in [0.717, 1.165) is 12.6 Å². The van der Waals surface area contributed by atoms with Gasteiger partial charge in [-0.25, -0.2) is 14.4 Å². The number of morpholine rings is 1. The van der Waals surface area contributed by atoms with Crippen molar-refractivity contribution in [2.45, 2.75) is 32.2 Å². The third-order valence-corrected chi connectivity index (χ3v) is 5.68. The summed E-state index contributed by atoms with van der Waals surface area (Å²) in [5, 5.41) is 6.82. The highest BCUT2D eigenvalue weighted by Crippen LogP contribution is 2.37. The summed E-state index contributed by atoms with van der Waals surface area (Å²) in [6.45, 7) is 5.57. The zero-order chi connectivity index (χ0) is 25.2. The van der Waals surface area contributed by atoms with Gasteiger partial charge in [0, 0.05) is 30.1 Å². The van der Waals surface area contributed by atoms with Gasteiger partial charge < -0.3 is 24.8 Å². The first-order valence-corrected chi connectivity index (χ1v) is 11.1. The Bertz CT molecular complexity index is 1200. The highest BCUT2D eigenvalue weighted by atomic mass is 19.4. The highest BCUT2D eigenvalue weighted by molar-refractivity contribution is 5.92. The first-order chi connectivity index (χ1) is 16.7. The lowest BCUT2D eigenvalue weighted by Gasteiger charge is -2.24. The van der Waals surface area contributed by atoms with E-state index < -0.39 is 23.6 Å². The van der Waals surface area contributed by atoms with Gasteiger partial charge in [-0.1, -0.05) is 12.1 Å². The summed E-state index contributed by atoms with van der Waals surface area (Å²) in [5.41, 5.74) is -0.903. The van der Waals surface area contributed by atoms with Crippen molar-refractivity contribution in [3.8, 4) is 11.5 Å². The van der Waals surface area contributed by atoms with E-state index in [0.29, 0.717) is 47.2 Å². The van der Waals surface area contributed by atoms with Crippen molar-refractivity contribution in [2.24, 2.45) is 0 Å². The van der Waals surface area contributed by atoms with Gasteiger partial charge in [-0.2, -0.15) is 13.2 Å². The second kappa shape index (κ2) is 10.2. The number of rotatable bonds is 7. The van der Waals surface area contributed by atoms with Crippen molar-refractivity contribution in [3.05, 3.63) is 53.1 Å². The summed E-state index contributed by atoms with van der Waals surface area (Å²) < 4.78 is 71.4. The number of anilines is 1. The van der Waals surface area contributed by atoms with Gasteiger partial charge in [0.1, 0.15) is 30.2 Å². The summed E-state index contributed by atoms with van der Waals surface area (Å²) in [7, 11) is 1.51. The molecule has 2 aromatic carbocycles. The Morgan fingerprint density at radius 3 is 2.71 bits per heavy atom. The number of nitrogens with zero attached hydrogens (tertiary/aromatic N) is 2. The third kappa shape index (κ3) is 5.57. The first-order valence-electron chi connectivity index (χ1n) is 11.1. The van der Waals surface area contributed by atoms with E-state index in [-0.39, 0.29) is 18.3 Å². The quantitative estimate of drug-likeness (QED) is 0.463. The maximum Gasteiger partial charge on any atom is 0.419 e. The summed E-state index contributed by atoms with van der Waals surface area (Å²) >= 11 is 0. The zero-order valence-electron chi connectivity index (χ0n) is 19.5. The van der Waals surface area contributed by atoms with Crippen LogP contribution in [0.4, 0.5) is 23.4 Å². The van der Waals surface area contributed by atoms with E-state index >= 15 is 0 Å². The van der Waals surface area contributed by atoms with Gasteiger partial charge in [0.15, 0.2) is 11.5 Å². The van der Waals surface area contributed by atoms with Gasteiger partial charge in [-0.05, 0) is 26.0 Å². The third-order valence-electron chi connectivity index (χ3n) is 5.68. The van der Waals surface area contributed by atoms with Gasteiger partial charge >= 0.3 is 6.18 Å². The summed E-state index contributed by atoms with van der Waals surface area (Å²) in [5.74, 6) is 0.334. The standard InChI is InChI=1S/C24H26F4N4O3/c1-13(16-5-4-6-18(22(16)25)24(26,27)28)30-23-17-9-21(35-12-15-11-29-7-8-34-15)20(33-3)10-19(17)31-14(2)32-23/h4-6,9-10,13,15,29H,7-8,11-12H2,1-3H3,(H,30,31,32)/t13-,15-/m1/s1. The molecule has 0 radical (unpaired) electrons. The molecule has 0 aliphatic carbocycles. The van der Waals surface area contributed by atoms with Crippen molar-refractivity contribution in [3.63, 3.8) is 0 Å². The molecule has 0 spiro atoms. The van der Waals surface area contributed by atoms with Crippen LogP contribution in [0.1, 0.15) is 29.9 Å². The number of aryl methyl sites for hydroxylation is 1. The minimum Gasteiger partial charge on any atom is -0.493 e. The first kappa shape index (κ1) is 24.9. The molecule has 2 heterocycles. The molecule has 188 valence electrons. The van der Waals surface area contributed by atoms with E-state index in [9.17, 15) is 17.6 Å². The number of aromatic nitrogens is 2. The average molecular weight is 494 g/mol. The molecule has 0 bridgehead atoms. The molecule has 1 saturated heterocycles. The monoisotopic (exact) mass is 494 g/mol. The van der Waals surface area contributed by atoms with E-state index in [1.54, 1.807) is 26.0 Å². The number of nitrogens with one attached hydrogen (secondary N) is 2. The molecule has 35 heavy (non-hydrogen) atoms. The summed E-state index contributed by atoms with van der Waals surface area (Å²) in [6, 6.07) is 5.79. The Labute approximate surface area is 199 Å². The number of ether oxygens (including phenoxy) is 3. The van der Waals surface area contributed by atoms with Crippen LogP contribution in [0.15, 0.2) is 30.3 Å². The molecule has 7 nitrogen and oxygen atoms in total. The maximum atomic E-state index is 14.7. The van der Waals surface area contributed by atoms with Crippen LogP contribution in [0.5, 0.6) is 11.5 Å². The van der Waals surface area contributed by atoms with Crippen molar-refractivity contribution in [1.82, 2.24) is 15.3 Å². The number of halogens is 4. The Hall–Kier alpha value is -3.18. The lowest BCUT2D eigenvalue weighted by Crippen LogP contribution is -2.41. The molecule has 0 amide bonds. The van der Waals surface area contributed by atoms with Crippen LogP contribution in [-0.4, -0.2) is 49.5 Å². The summed E-state index contributed by atoms with van der Waals surface area (Å²) in [6.07, 6.45) is -4.92. The molecule has 2 N–H and O–H groups in total. The molecule has 0 unspecified atom stereocenters. The van der Waals surface area contributed by atoms with Gasteiger partial charge in [0.05, 0.1) is 30.8 Å². The fourth-order valence-corrected chi connectivity index (χ4v) is 3.93. The molecular weight excluding hydrogens is 468 g/mol. The van der Waals surface area contributed by atoms with E-state index in [4.69, 9.17) is 14.2 Å². The van der Waals surface area contributed by atoms with Crippen LogP contribution < -0.4 is 20.1 Å². The molecule has 1 aromatic heterocycles. The zero-order valence-corrected chi connectivity index (χ0v) is 19.5. The molecule has 11 heteroatoms. The van der Waals surface area contributed by atoms with Gasteiger partial charge in [0.2, 0.25) is 0 Å². The lowest BCUT2D eigenvalue weighted by molar-refractivity contribution is -0.140. The van der Waals surface area contributed by atoms with Crippen LogP contribution in [0.2, 0.25) is 0 Å². The van der Waals surface area contributed by atoms with Crippen molar-refractivity contribution >= 4 is 16.7 Å². The van der Waals surface area contributed by atoms with Gasteiger partial charge in [0.25, 0.3) is 0 Å². The lowest BCUT2D eigenvalue weighted by atomic mass is 10.0. The Kier molecular flexibility index (Phi) is 7.27. The number of benzene rings is 2. The van der Waals surface area contributed by atoms with E-state index in [1.165, 1.54) is 19.2 Å². The SMILES string of the molecule is COc1cc2nc(C)nc(N[C@H](C)c3cccc(C(F)(F)F)c3F)c2cc1OC[C@H]1CNCCO1. The maximum absolute atomic E-state index is 14.7. The van der Waals surface area contributed by atoms with Crippen LogP contribution in [0.25, 0.3) is 10.9 Å². The molecule has 3 aromatic rings. The largest absolute Gasteiger partial charge is 0.493 e. The molecule has 0 saturated carbocycles. The summed E-state index contributed by atoms with van der Waals surface area (Å²) in [4.78, 5) is 8.85. The Morgan fingerprint density at radius 1 is 1.23 bits per heavy atom. The second-order valence-electron chi connectivity index (χ2n) is 8.22. The average Bonchev–Trinajstić information content (AvgIpc) is 2.82. The minimum atomic E-state index is -4.79. The smallest absolute Gasteiger partial charge is 0.419 e. The Balaban J connectivity index is 1.66. The van der Waals surface area contributed by atoms with Crippen LogP contribution in [-0.2, 0) is 10.9 Å². The minimum absolute atomic E-state index is 0.125. The second-order valence-corrected chi connectivity index (χ2v) is 8.22.